The summed E-state index contributed by atoms with van der Waals surface area (Å²) < 4.78 is 10.7. The number of aromatic amines is 1. The number of fused-ring (bicyclic) bond motifs is 3. The molecule has 6 heteroatoms. The van der Waals surface area contributed by atoms with Gasteiger partial charge in [0.15, 0.2) is 11.5 Å². The number of carbonyl (C=O) groups excluding carboxylic acids is 1. The third kappa shape index (κ3) is 2.64. The van der Waals surface area contributed by atoms with Crippen molar-refractivity contribution in [1.82, 2.24) is 15.5 Å². The van der Waals surface area contributed by atoms with Crippen molar-refractivity contribution in [2.45, 2.75) is 38.6 Å². The molecule has 2 N–H and O–H groups in total. The lowest BCUT2D eigenvalue weighted by atomic mass is 9.84. The molecule has 5 rings (SSSR count). The van der Waals surface area contributed by atoms with E-state index >= 15 is 0 Å². The van der Waals surface area contributed by atoms with Gasteiger partial charge in [0.2, 0.25) is 6.79 Å². The van der Waals surface area contributed by atoms with Crippen molar-refractivity contribution >= 4 is 5.91 Å². The number of carbonyl (C=O) groups is 1. The summed E-state index contributed by atoms with van der Waals surface area (Å²) in [6.45, 7) is 2.38. The molecule has 136 valence electrons. The van der Waals surface area contributed by atoms with Crippen molar-refractivity contribution in [3.05, 3.63) is 30.0 Å². The smallest absolute Gasteiger partial charge is 0.269 e. The van der Waals surface area contributed by atoms with E-state index in [0.29, 0.717) is 17.4 Å². The van der Waals surface area contributed by atoms with Gasteiger partial charge in [-0.15, -0.1) is 0 Å². The molecular formula is C20H23N3O3. The Balaban J connectivity index is 1.28. The van der Waals surface area contributed by atoms with Crippen molar-refractivity contribution < 1.29 is 14.3 Å². The van der Waals surface area contributed by atoms with Gasteiger partial charge < -0.3 is 14.8 Å². The molecule has 6 nitrogen and oxygen atoms in total. The lowest BCUT2D eigenvalue weighted by Crippen LogP contribution is -2.40. The van der Waals surface area contributed by atoms with Gasteiger partial charge in [-0.2, -0.15) is 5.10 Å². The second-order valence-electron chi connectivity index (χ2n) is 7.84. The van der Waals surface area contributed by atoms with Crippen LogP contribution in [0.15, 0.2) is 24.3 Å². The lowest BCUT2D eigenvalue weighted by molar-refractivity contribution is 0.0910. The summed E-state index contributed by atoms with van der Waals surface area (Å²) in [5, 5.41) is 10.3. The first-order chi connectivity index (χ1) is 12.7. The second-order valence-corrected chi connectivity index (χ2v) is 7.84. The Bertz CT molecular complexity index is 847. The molecule has 0 radical (unpaired) electrons. The largest absolute Gasteiger partial charge is 0.454 e. The molecule has 0 spiro atoms. The maximum atomic E-state index is 12.6. The van der Waals surface area contributed by atoms with Crippen LogP contribution in [0, 0.1) is 17.8 Å². The molecule has 1 aromatic heterocycles. The fourth-order valence-electron chi connectivity index (χ4n) is 4.94. The molecule has 0 saturated heterocycles. The Labute approximate surface area is 152 Å². The molecule has 1 aliphatic heterocycles. The first-order valence-electron chi connectivity index (χ1n) is 9.43. The standard InChI is InChI=1S/C20H23N3O3/c1-11(15-7-12-2-3-13(15)6-12)21-20(24)17-9-16(22-23-17)14-4-5-18-19(8-14)26-10-25-18/h4-5,8-9,11-13,15H,2-3,6-7,10H2,1H3,(H,21,24)(H,22,23). The second kappa shape index (κ2) is 6.04. The highest BCUT2D eigenvalue weighted by atomic mass is 16.7. The number of aromatic nitrogens is 2. The molecule has 4 atom stereocenters. The van der Waals surface area contributed by atoms with Crippen molar-refractivity contribution in [1.29, 1.82) is 0 Å². The summed E-state index contributed by atoms with van der Waals surface area (Å²) in [6.07, 6.45) is 5.32. The number of amides is 1. The Morgan fingerprint density at radius 3 is 2.92 bits per heavy atom. The van der Waals surface area contributed by atoms with E-state index in [1.807, 2.05) is 18.2 Å². The molecular weight excluding hydrogens is 330 g/mol. The maximum Gasteiger partial charge on any atom is 0.269 e. The Hall–Kier alpha value is -2.50. The van der Waals surface area contributed by atoms with Gasteiger partial charge in [0.05, 0.1) is 5.69 Å². The zero-order chi connectivity index (χ0) is 17.7. The molecule has 1 amide bonds. The number of rotatable bonds is 4. The monoisotopic (exact) mass is 353 g/mol. The normalized spacial score (nSPS) is 26.9. The van der Waals surface area contributed by atoms with Crippen LogP contribution in [0.1, 0.15) is 43.1 Å². The third-order valence-electron chi connectivity index (χ3n) is 6.28. The van der Waals surface area contributed by atoms with Gasteiger partial charge in [-0.25, -0.2) is 0 Å². The average Bonchev–Trinajstić information content (AvgIpc) is 3.44. The predicted octanol–water partition coefficient (Wildman–Crippen LogP) is 3.36. The van der Waals surface area contributed by atoms with Crippen LogP contribution in [0.5, 0.6) is 11.5 Å². The van der Waals surface area contributed by atoms with Gasteiger partial charge in [0.1, 0.15) is 5.69 Å². The summed E-state index contributed by atoms with van der Waals surface area (Å²) in [5.74, 6) is 3.66. The Morgan fingerprint density at radius 2 is 2.12 bits per heavy atom. The molecule has 2 bridgehead atoms. The minimum atomic E-state index is -0.0835. The van der Waals surface area contributed by atoms with Crippen LogP contribution in [-0.4, -0.2) is 28.9 Å². The van der Waals surface area contributed by atoms with Gasteiger partial charge in [0.25, 0.3) is 5.91 Å². The summed E-state index contributed by atoms with van der Waals surface area (Å²) >= 11 is 0. The van der Waals surface area contributed by atoms with E-state index < -0.39 is 0 Å². The number of ether oxygens (including phenoxy) is 2. The lowest BCUT2D eigenvalue weighted by Gasteiger charge is -2.28. The highest BCUT2D eigenvalue weighted by Gasteiger charge is 2.42. The fourth-order valence-corrected chi connectivity index (χ4v) is 4.94. The van der Waals surface area contributed by atoms with Gasteiger partial charge in [-0.05, 0) is 68.2 Å². The van der Waals surface area contributed by atoms with E-state index in [2.05, 4.69) is 22.4 Å². The van der Waals surface area contributed by atoms with Gasteiger partial charge in [-0.3, -0.25) is 9.89 Å². The number of nitrogens with one attached hydrogen (secondary N) is 2. The molecule has 2 heterocycles. The fraction of sp³-hybridized carbons (Fsp3) is 0.500. The summed E-state index contributed by atoms with van der Waals surface area (Å²) in [6, 6.07) is 7.67. The molecule has 1 aromatic carbocycles. The number of hydrogen-bond donors (Lipinski definition) is 2. The van der Waals surface area contributed by atoms with E-state index in [4.69, 9.17) is 9.47 Å². The first kappa shape index (κ1) is 15.7. The van der Waals surface area contributed by atoms with Crippen molar-refractivity contribution in [3.8, 4) is 22.8 Å². The van der Waals surface area contributed by atoms with Crippen molar-refractivity contribution in [2.75, 3.05) is 6.79 Å². The zero-order valence-corrected chi connectivity index (χ0v) is 14.8. The number of H-pyrrole nitrogens is 1. The van der Waals surface area contributed by atoms with Gasteiger partial charge >= 0.3 is 0 Å². The van der Waals surface area contributed by atoms with Crippen LogP contribution < -0.4 is 14.8 Å². The van der Waals surface area contributed by atoms with Gasteiger partial charge in [0, 0.05) is 11.6 Å². The Kier molecular flexibility index (Phi) is 3.65. The number of benzene rings is 1. The van der Waals surface area contributed by atoms with E-state index in [9.17, 15) is 4.79 Å². The molecule has 2 aromatic rings. The van der Waals surface area contributed by atoms with Crippen LogP contribution in [0.4, 0.5) is 0 Å². The topological polar surface area (TPSA) is 76.2 Å². The maximum absolute atomic E-state index is 12.6. The zero-order valence-electron chi connectivity index (χ0n) is 14.8. The van der Waals surface area contributed by atoms with E-state index in [-0.39, 0.29) is 18.7 Å². The van der Waals surface area contributed by atoms with E-state index in [1.165, 1.54) is 25.7 Å². The molecule has 26 heavy (non-hydrogen) atoms. The number of nitrogens with zero attached hydrogens (tertiary/aromatic N) is 1. The highest BCUT2D eigenvalue weighted by Crippen LogP contribution is 2.49. The number of hydrogen-bond acceptors (Lipinski definition) is 4. The minimum Gasteiger partial charge on any atom is -0.454 e. The SMILES string of the molecule is CC(NC(=O)c1cc(-c2ccc3c(c2)OCO3)n[nH]1)C1CC2CCC1C2. The minimum absolute atomic E-state index is 0.0835. The molecule has 2 aliphatic carbocycles. The van der Waals surface area contributed by atoms with Crippen LogP contribution >= 0.6 is 0 Å². The average molecular weight is 353 g/mol. The summed E-state index contributed by atoms with van der Waals surface area (Å²) in [7, 11) is 0. The van der Waals surface area contributed by atoms with E-state index in [0.717, 1.165) is 28.8 Å². The van der Waals surface area contributed by atoms with Crippen LogP contribution in [0.25, 0.3) is 11.3 Å². The molecule has 4 unspecified atom stereocenters. The molecule has 2 fully saturated rings. The van der Waals surface area contributed by atoms with Gasteiger partial charge in [-0.1, -0.05) is 6.42 Å². The third-order valence-corrected chi connectivity index (χ3v) is 6.28. The van der Waals surface area contributed by atoms with E-state index in [1.54, 1.807) is 6.07 Å². The van der Waals surface area contributed by atoms with Crippen LogP contribution in [0.3, 0.4) is 0 Å². The summed E-state index contributed by atoms with van der Waals surface area (Å²) in [4.78, 5) is 12.6. The highest BCUT2D eigenvalue weighted by molar-refractivity contribution is 5.93. The molecule has 2 saturated carbocycles. The Morgan fingerprint density at radius 1 is 1.23 bits per heavy atom. The quantitative estimate of drug-likeness (QED) is 0.884. The van der Waals surface area contributed by atoms with Crippen LogP contribution in [-0.2, 0) is 0 Å². The molecule has 3 aliphatic rings. The van der Waals surface area contributed by atoms with Crippen molar-refractivity contribution in [3.63, 3.8) is 0 Å². The van der Waals surface area contributed by atoms with Crippen LogP contribution in [0.2, 0.25) is 0 Å². The predicted molar refractivity (Wildman–Crippen MR) is 96.0 cm³/mol. The van der Waals surface area contributed by atoms with Crippen molar-refractivity contribution in [2.24, 2.45) is 17.8 Å². The first-order valence-corrected chi connectivity index (χ1v) is 9.43. The summed E-state index contributed by atoms with van der Waals surface area (Å²) in [5.41, 5.74) is 2.11.